The van der Waals surface area contributed by atoms with Crippen LogP contribution in [-0.2, 0) is 4.79 Å². The standard InChI is InChI=1S/C14H21N3O3/c1-9(2)20-11-7-10(3)15-13(16-11)17-14(5-4-6-14)8-12(18)19/h7,9H,4-6,8H2,1-3H3,(H,18,19)(H,15,16,17). The van der Waals surface area contributed by atoms with Crippen molar-refractivity contribution in [2.75, 3.05) is 5.32 Å². The van der Waals surface area contributed by atoms with Gasteiger partial charge in [0.2, 0.25) is 11.8 Å². The van der Waals surface area contributed by atoms with Crippen LogP contribution in [0, 0.1) is 6.92 Å². The highest BCUT2D eigenvalue weighted by atomic mass is 16.5. The number of nitrogens with one attached hydrogen (secondary N) is 1. The highest BCUT2D eigenvalue weighted by Gasteiger charge is 2.39. The molecule has 1 aliphatic rings. The van der Waals surface area contributed by atoms with Gasteiger partial charge in [0.25, 0.3) is 0 Å². The van der Waals surface area contributed by atoms with Crippen LogP contribution in [0.3, 0.4) is 0 Å². The van der Waals surface area contributed by atoms with Crippen LogP contribution in [-0.4, -0.2) is 32.7 Å². The van der Waals surface area contributed by atoms with E-state index in [0.717, 1.165) is 25.0 Å². The number of anilines is 1. The van der Waals surface area contributed by atoms with E-state index >= 15 is 0 Å². The summed E-state index contributed by atoms with van der Waals surface area (Å²) in [6.07, 6.45) is 2.81. The molecule has 1 aromatic heterocycles. The van der Waals surface area contributed by atoms with E-state index in [1.54, 1.807) is 6.07 Å². The van der Waals surface area contributed by atoms with Crippen LogP contribution in [0.2, 0.25) is 0 Å². The zero-order chi connectivity index (χ0) is 14.8. The van der Waals surface area contributed by atoms with E-state index in [2.05, 4.69) is 15.3 Å². The molecule has 1 fully saturated rings. The van der Waals surface area contributed by atoms with Crippen molar-refractivity contribution in [3.63, 3.8) is 0 Å². The van der Waals surface area contributed by atoms with Gasteiger partial charge in [0.15, 0.2) is 0 Å². The van der Waals surface area contributed by atoms with Crippen LogP contribution >= 0.6 is 0 Å². The zero-order valence-corrected chi connectivity index (χ0v) is 12.1. The second-order valence-corrected chi connectivity index (χ2v) is 5.67. The summed E-state index contributed by atoms with van der Waals surface area (Å²) >= 11 is 0. The van der Waals surface area contributed by atoms with E-state index in [1.165, 1.54) is 0 Å². The van der Waals surface area contributed by atoms with Gasteiger partial charge in [-0.2, -0.15) is 4.98 Å². The van der Waals surface area contributed by atoms with Gasteiger partial charge in [-0.25, -0.2) is 4.98 Å². The molecule has 0 atom stereocenters. The molecule has 0 saturated heterocycles. The maximum Gasteiger partial charge on any atom is 0.305 e. The Hall–Kier alpha value is -1.85. The van der Waals surface area contributed by atoms with Crippen LogP contribution < -0.4 is 10.1 Å². The van der Waals surface area contributed by atoms with Crippen molar-refractivity contribution in [2.24, 2.45) is 0 Å². The first-order chi connectivity index (χ1) is 9.38. The van der Waals surface area contributed by atoms with E-state index in [1.807, 2.05) is 20.8 Å². The van der Waals surface area contributed by atoms with Gasteiger partial charge >= 0.3 is 5.97 Å². The van der Waals surface area contributed by atoms with E-state index in [4.69, 9.17) is 9.84 Å². The molecule has 0 radical (unpaired) electrons. The van der Waals surface area contributed by atoms with Gasteiger partial charge in [-0.15, -0.1) is 0 Å². The SMILES string of the molecule is Cc1cc(OC(C)C)nc(NC2(CC(=O)O)CCC2)n1. The first kappa shape index (κ1) is 14.6. The fraction of sp³-hybridized carbons (Fsp3) is 0.643. The van der Waals surface area contributed by atoms with Crippen LogP contribution in [0.1, 0.15) is 45.2 Å². The van der Waals surface area contributed by atoms with Gasteiger partial charge in [-0.1, -0.05) is 0 Å². The number of ether oxygens (including phenoxy) is 1. The second kappa shape index (κ2) is 5.64. The minimum atomic E-state index is -0.802. The monoisotopic (exact) mass is 279 g/mol. The molecule has 1 saturated carbocycles. The quantitative estimate of drug-likeness (QED) is 0.831. The molecule has 1 aromatic rings. The van der Waals surface area contributed by atoms with Crippen molar-refractivity contribution in [2.45, 2.75) is 58.1 Å². The first-order valence-corrected chi connectivity index (χ1v) is 6.91. The molecule has 0 aromatic carbocycles. The molecule has 0 unspecified atom stereocenters. The molecule has 0 spiro atoms. The lowest BCUT2D eigenvalue weighted by molar-refractivity contribution is -0.138. The molecule has 0 bridgehead atoms. The average molecular weight is 279 g/mol. The summed E-state index contributed by atoms with van der Waals surface area (Å²) in [4.78, 5) is 19.6. The van der Waals surface area contributed by atoms with Crippen molar-refractivity contribution in [1.29, 1.82) is 0 Å². The summed E-state index contributed by atoms with van der Waals surface area (Å²) in [7, 11) is 0. The second-order valence-electron chi connectivity index (χ2n) is 5.67. The summed E-state index contributed by atoms with van der Waals surface area (Å²) in [6.45, 7) is 5.73. The first-order valence-electron chi connectivity index (χ1n) is 6.91. The Morgan fingerprint density at radius 3 is 2.70 bits per heavy atom. The summed E-state index contributed by atoms with van der Waals surface area (Å²) in [5.74, 6) is 0.157. The molecular formula is C14H21N3O3. The highest BCUT2D eigenvalue weighted by molar-refractivity contribution is 5.69. The molecule has 6 heteroatoms. The van der Waals surface area contributed by atoms with Gasteiger partial charge in [0.05, 0.1) is 18.1 Å². The molecule has 0 amide bonds. The summed E-state index contributed by atoms with van der Waals surface area (Å²) in [6, 6.07) is 1.77. The lowest BCUT2D eigenvalue weighted by Gasteiger charge is -2.41. The lowest BCUT2D eigenvalue weighted by Crippen LogP contribution is -2.47. The van der Waals surface area contributed by atoms with Gasteiger partial charge in [0, 0.05) is 11.8 Å². The number of rotatable bonds is 6. The zero-order valence-electron chi connectivity index (χ0n) is 12.1. The molecule has 6 nitrogen and oxygen atoms in total. The number of hydrogen-bond acceptors (Lipinski definition) is 5. The van der Waals surface area contributed by atoms with Crippen molar-refractivity contribution < 1.29 is 14.6 Å². The lowest BCUT2D eigenvalue weighted by atomic mass is 9.74. The molecule has 1 heterocycles. The number of carboxylic acid groups (broad SMARTS) is 1. The maximum atomic E-state index is 11.0. The third kappa shape index (κ3) is 3.59. The number of aliphatic carboxylic acids is 1. The predicted molar refractivity (Wildman–Crippen MR) is 75.0 cm³/mol. The van der Waals surface area contributed by atoms with Crippen molar-refractivity contribution in [1.82, 2.24) is 9.97 Å². The summed E-state index contributed by atoms with van der Waals surface area (Å²) in [5.41, 5.74) is 0.386. The number of nitrogens with zero attached hydrogens (tertiary/aromatic N) is 2. The third-order valence-corrected chi connectivity index (χ3v) is 3.36. The van der Waals surface area contributed by atoms with Crippen LogP contribution in [0.15, 0.2) is 6.07 Å². The van der Waals surface area contributed by atoms with Gasteiger partial charge in [-0.3, -0.25) is 4.79 Å². The fourth-order valence-corrected chi connectivity index (χ4v) is 2.37. The van der Waals surface area contributed by atoms with Gasteiger partial charge < -0.3 is 15.2 Å². The smallest absolute Gasteiger partial charge is 0.305 e. The average Bonchev–Trinajstić information content (AvgIpc) is 2.23. The largest absolute Gasteiger partial charge is 0.481 e. The predicted octanol–water partition coefficient (Wildman–Crippen LogP) is 2.38. The minimum absolute atomic E-state index is 0.0360. The molecule has 110 valence electrons. The van der Waals surface area contributed by atoms with E-state index in [9.17, 15) is 4.79 Å². The fourth-order valence-electron chi connectivity index (χ4n) is 2.37. The van der Waals surface area contributed by atoms with E-state index in [-0.39, 0.29) is 12.5 Å². The molecule has 0 aliphatic heterocycles. The Morgan fingerprint density at radius 1 is 1.50 bits per heavy atom. The minimum Gasteiger partial charge on any atom is -0.481 e. The van der Waals surface area contributed by atoms with Crippen LogP contribution in [0.25, 0.3) is 0 Å². The van der Waals surface area contributed by atoms with Crippen molar-refractivity contribution in [3.8, 4) is 5.88 Å². The van der Waals surface area contributed by atoms with Gasteiger partial charge in [0.1, 0.15) is 0 Å². The molecule has 2 N–H and O–H groups in total. The van der Waals surface area contributed by atoms with Crippen molar-refractivity contribution >= 4 is 11.9 Å². The van der Waals surface area contributed by atoms with Gasteiger partial charge in [-0.05, 0) is 40.0 Å². The Labute approximate surface area is 118 Å². The number of hydrogen-bond donors (Lipinski definition) is 2. The third-order valence-electron chi connectivity index (χ3n) is 3.36. The topological polar surface area (TPSA) is 84.3 Å². The Morgan fingerprint density at radius 2 is 2.20 bits per heavy atom. The number of carbonyl (C=O) groups is 1. The van der Waals surface area contributed by atoms with Crippen molar-refractivity contribution in [3.05, 3.63) is 11.8 Å². The Balaban J connectivity index is 2.15. The molecule has 2 rings (SSSR count). The molecule has 20 heavy (non-hydrogen) atoms. The summed E-state index contributed by atoms with van der Waals surface area (Å²) < 4.78 is 5.58. The maximum absolute atomic E-state index is 11.0. The number of carboxylic acids is 1. The van der Waals surface area contributed by atoms with E-state index < -0.39 is 11.5 Å². The van der Waals surface area contributed by atoms with Crippen LogP contribution in [0.5, 0.6) is 5.88 Å². The number of aromatic nitrogens is 2. The van der Waals surface area contributed by atoms with Crippen LogP contribution in [0.4, 0.5) is 5.95 Å². The number of aryl methyl sites for hydroxylation is 1. The normalized spacial score (nSPS) is 16.6. The highest BCUT2D eigenvalue weighted by Crippen LogP contribution is 2.37. The Bertz CT molecular complexity index is 498. The Kier molecular flexibility index (Phi) is 4.11. The summed E-state index contributed by atoms with van der Waals surface area (Å²) in [5, 5.41) is 12.2. The van der Waals surface area contributed by atoms with E-state index in [0.29, 0.717) is 11.8 Å². The molecule has 1 aliphatic carbocycles. The molecular weight excluding hydrogens is 258 g/mol.